The molecular weight excluding hydrogens is 210 g/mol. The molecule has 0 heterocycles. The van der Waals surface area contributed by atoms with Gasteiger partial charge in [0, 0.05) is 0 Å². The van der Waals surface area contributed by atoms with Gasteiger partial charge in [-0.2, -0.15) is 0 Å². The van der Waals surface area contributed by atoms with E-state index >= 15 is 0 Å². The van der Waals surface area contributed by atoms with Gasteiger partial charge in [0.2, 0.25) is 0 Å². The first-order chi connectivity index (χ1) is 8.16. The van der Waals surface area contributed by atoms with Crippen LogP contribution in [0.3, 0.4) is 0 Å². The van der Waals surface area contributed by atoms with Crippen LogP contribution in [-0.4, -0.2) is 6.10 Å². The molecule has 17 heavy (non-hydrogen) atoms. The highest BCUT2D eigenvalue weighted by Crippen LogP contribution is 2.30. The van der Waals surface area contributed by atoms with Gasteiger partial charge >= 0.3 is 0 Å². The number of rotatable bonds is 4. The molecule has 0 aliphatic heterocycles. The molecule has 2 heteroatoms. The number of nitrogens with two attached hydrogens (primary N) is 1. The Morgan fingerprint density at radius 1 is 1.29 bits per heavy atom. The Hall–Kier alpha value is -1.28. The molecule has 1 atom stereocenters. The van der Waals surface area contributed by atoms with Crippen molar-refractivity contribution in [3.63, 3.8) is 0 Å². The first-order valence-corrected chi connectivity index (χ1v) is 6.38. The molecule has 0 spiro atoms. The normalized spacial score (nSPS) is 17.1. The average Bonchev–Trinajstić information content (AvgIpc) is 2.81. The fraction of sp³-hybridized carbons (Fsp3) is 0.467. The summed E-state index contributed by atoms with van der Waals surface area (Å²) in [5.41, 5.74) is 8.79. The van der Waals surface area contributed by atoms with Crippen LogP contribution in [0.4, 0.5) is 0 Å². The summed E-state index contributed by atoms with van der Waals surface area (Å²) in [7, 11) is 0. The maximum absolute atomic E-state index is 6.28. The van der Waals surface area contributed by atoms with Crippen LogP contribution < -0.4 is 10.5 Å². The quantitative estimate of drug-likeness (QED) is 0.804. The molecule has 0 saturated carbocycles. The topological polar surface area (TPSA) is 35.2 Å². The predicted molar refractivity (Wildman–Crippen MR) is 71.1 cm³/mol. The zero-order valence-corrected chi connectivity index (χ0v) is 10.6. The second-order valence-electron chi connectivity index (χ2n) is 4.89. The van der Waals surface area contributed by atoms with Gasteiger partial charge in [-0.1, -0.05) is 23.8 Å². The minimum atomic E-state index is 0.0354. The van der Waals surface area contributed by atoms with Crippen LogP contribution in [0.25, 0.3) is 0 Å². The molecule has 1 aromatic rings. The van der Waals surface area contributed by atoms with Crippen molar-refractivity contribution in [1.82, 2.24) is 0 Å². The first-order valence-electron chi connectivity index (χ1n) is 6.38. The van der Waals surface area contributed by atoms with Crippen molar-refractivity contribution in [3.8, 4) is 5.75 Å². The highest BCUT2D eigenvalue weighted by molar-refractivity contribution is 5.35. The van der Waals surface area contributed by atoms with E-state index in [0.29, 0.717) is 0 Å². The van der Waals surface area contributed by atoms with E-state index < -0.39 is 0 Å². The Morgan fingerprint density at radius 2 is 2.12 bits per heavy atom. The molecule has 0 radical (unpaired) electrons. The molecule has 0 saturated heterocycles. The van der Waals surface area contributed by atoms with Crippen LogP contribution in [0.15, 0.2) is 35.9 Å². The van der Waals surface area contributed by atoms with Crippen molar-refractivity contribution in [2.24, 2.45) is 5.73 Å². The van der Waals surface area contributed by atoms with Crippen LogP contribution >= 0.6 is 0 Å². The summed E-state index contributed by atoms with van der Waals surface area (Å²) in [6.07, 6.45) is 6.03. The lowest BCUT2D eigenvalue weighted by molar-refractivity contribution is 0.242. The Bertz CT molecular complexity index is 409. The number of ether oxygens (including phenoxy) is 1. The van der Waals surface area contributed by atoms with Gasteiger partial charge < -0.3 is 10.5 Å². The van der Waals surface area contributed by atoms with Crippen molar-refractivity contribution in [1.29, 1.82) is 0 Å². The van der Waals surface area contributed by atoms with Crippen LogP contribution in [0, 0.1) is 0 Å². The van der Waals surface area contributed by atoms with Gasteiger partial charge in [0.15, 0.2) is 0 Å². The van der Waals surface area contributed by atoms with Crippen LogP contribution in [-0.2, 0) is 0 Å². The Balaban J connectivity index is 2.14. The second-order valence-corrected chi connectivity index (χ2v) is 4.89. The van der Waals surface area contributed by atoms with E-state index in [1.807, 2.05) is 26.0 Å². The third kappa shape index (κ3) is 3.10. The number of allylic oxidation sites excluding steroid dienone is 1. The van der Waals surface area contributed by atoms with Crippen LogP contribution in [0.2, 0.25) is 0 Å². The van der Waals surface area contributed by atoms with Crippen molar-refractivity contribution < 1.29 is 4.74 Å². The summed E-state index contributed by atoms with van der Waals surface area (Å²) in [4.78, 5) is 0. The molecule has 0 amide bonds. The molecule has 92 valence electrons. The molecule has 1 aliphatic carbocycles. The van der Waals surface area contributed by atoms with E-state index in [0.717, 1.165) is 17.7 Å². The highest BCUT2D eigenvalue weighted by Gasteiger charge is 2.15. The summed E-state index contributed by atoms with van der Waals surface area (Å²) < 4.78 is 5.69. The smallest absolute Gasteiger partial charge is 0.120 e. The van der Waals surface area contributed by atoms with E-state index in [4.69, 9.17) is 10.5 Å². The van der Waals surface area contributed by atoms with Gasteiger partial charge in [0.25, 0.3) is 0 Å². The predicted octanol–water partition coefficient (Wildman–Crippen LogP) is 3.58. The van der Waals surface area contributed by atoms with Crippen LogP contribution in [0.1, 0.15) is 44.7 Å². The molecule has 2 nitrogen and oxygen atoms in total. The van der Waals surface area contributed by atoms with E-state index in [1.165, 1.54) is 18.4 Å². The third-order valence-electron chi connectivity index (χ3n) is 3.06. The Morgan fingerprint density at radius 3 is 2.76 bits per heavy atom. The molecule has 0 bridgehead atoms. The number of benzene rings is 1. The largest absolute Gasteiger partial charge is 0.491 e. The molecule has 1 unspecified atom stereocenters. The fourth-order valence-electron chi connectivity index (χ4n) is 2.25. The van der Waals surface area contributed by atoms with Gasteiger partial charge in [-0.25, -0.2) is 0 Å². The van der Waals surface area contributed by atoms with E-state index in [9.17, 15) is 0 Å². The minimum absolute atomic E-state index is 0.0354. The summed E-state index contributed by atoms with van der Waals surface area (Å²) in [5.74, 6) is 0.909. The minimum Gasteiger partial charge on any atom is -0.491 e. The van der Waals surface area contributed by atoms with Gasteiger partial charge in [-0.05, 0) is 50.8 Å². The maximum Gasteiger partial charge on any atom is 0.120 e. The summed E-state index contributed by atoms with van der Waals surface area (Å²) in [6, 6.07) is 8.18. The molecule has 2 N–H and O–H groups in total. The Kier molecular flexibility index (Phi) is 3.85. The van der Waals surface area contributed by atoms with Crippen molar-refractivity contribution in [2.45, 2.75) is 45.3 Å². The lowest BCUT2D eigenvalue weighted by Crippen LogP contribution is -2.13. The summed E-state index contributed by atoms with van der Waals surface area (Å²) in [6.45, 7) is 4.07. The molecule has 0 fully saturated rings. The lowest BCUT2D eigenvalue weighted by Gasteiger charge is -2.16. The number of hydrogen-bond acceptors (Lipinski definition) is 2. The van der Waals surface area contributed by atoms with E-state index in [-0.39, 0.29) is 12.1 Å². The lowest BCUT2D eigenvalue weighted by atomic mass is 9.99. The second kappa shape index (κ2) is 5.37. The van der Waals surface area contributed by atoms with E-state index in [1.54, 1.807) is 0 Å². The molecular formula is C15H21NO. The fourth-order valence-corrected chi connectivity index (χ4v) is 2.25. The summed E-state index contributed by atoms with van der Waals surface area (Å²) >= 11 is 0. The van der Waals surface area contributed by atoms with Gasteiger partial charge in [-0.15, -0.1) is 0 Å². The monoisotopic (exact) mass is 231 g/mol. The van der Waals surface area contributed by atoms with E-state index in [2.05, 4.69) is 18.2 Å². The Labute approximate surface area is 103 Å². The van der Waals surface area contributed by atoms with Gasteiger partial charge in [0.1, 0.15) is 5.75 Å². The van der Waals surface area contributed by atoms with Gasteiger partial charge in [-0.3, -0.25) is 0 Å². The van der Waals surface area contributed by atoms with Crippen molar-refractivity contribution >= 4 is 0 Å². The molecule has 2 rings (SSSR count). The highest BCUT2D eigenvalue weighted by atomic mass is 16.5. The zero-order chi connectivity index (χ0) is 12.3. The van der Waals surface area contributed by atoms with Crippen molar-refractivity contribution in [2.75, 3.05) is 0 Å². The molecule has 0 aromatic heterocycles. The maximum atomic E-state index is 6.28. The standard InChI is InChI=1S/C15H21NO/c1-11(2)17-14-9-5-8-13(10-14)15(16)12-6-3-4-7-12/h5-6,8-11,15H,3-4,7,16H2,1-2H3. The molecule has 1 aliphatic rings. The SMILES string of the molecule is CC(C)Oc1cccc(C(N)C2=CCCC2)c1. The van der Waals surface area contributed by atoms with Gasteiger partial charge in [0.05, 0.1) is 12.1 Å². The summed E-state index contributed by atoms with van der Waals surface area (Å²) in [5, 5.41) is 0. The average molecular weight is 231 g/mol. The van der Waals surface area contributed by atoms with Crippen molar-refractivity contribution in [3.05, 3.63) is 41.5 Å². The zero-order valence-electron chi connectivity index (χ0n) is 10.6. The molecule has 1 aromatic carbocycles. The number of hydrogen-bond donors (Lipinski definition) is 1. The first kappa shape index (κ1) is 12.2. The third-order valence-corrected chi connectivity index (χ3v) is 3.06. The van der Waals surface area contributed by atoms with Crippen LogP contribution in [0.5, 0.6) is 5.75 Å².